The van der Waals surface area contributed by atoms with Crippen molar-refractivity contribution in [3.8, 4) is 11.5 Å². The molecular formula is C24H23N5O5S. The molecule has 1 aromatic heterocycles. The molecule has 3 aromatic rings. The van der Waals surface area contributed by atoms with Crippen LogP contribution < -0.4 is 20.1 Å². The van der Waals surface area contributed by atoms with Gasteiger partial charge in [-0.3, -0.25) is 14.4 Å². The third-order valence-corrected chi connectivity index (χ3v) is 6.73. The minimum atomic E-state index is -0.424. The molecule has 0 saturated carbocycles. The van der Waals surface area contributed by atoms with E-state index in [1.807, 2.05) is 36.4 Å². The van der Waals surface area contributed by atoms with Crippen LogP contribution in [0.25, 0.3) is 0 Å². The summed E-state index contributed by atoms with van der Waals surface area (Å²) in [5.74, 6) is 0.177. The van der Waals surface area contributed by atoms with Gasteiger partial charge in [-0.1, -0.05) is 35.6 Å². The summed E-state index contributed by atoms with van der Waals surface area (Å²) in [6, 6.07) is 14.5. The number of nitrogens with one attached hydrogen (secondary N) is 2. The SMILES string of the molecule is O=C(Nc1ccccc1)c1nnc(C(=O)N2CCC[C@H](C(=O)NCc3ccc4c(c3)OCO4)C2)s1. The van der Waals surface area contributed by atoms with Crippen molar-refractivity contribution in [2.24, 2.45) is 5.92 Å². The standard InChI is InChI=1S/C24H23N5O5S/c30-20(25-12-15-8-9-18-19(11-15)34-14-33-18)16-5-4-10-29(13-16)24(32)23-28-27-22(35-23)21(31)26-17-6-2-1-3-7-17/h1-3,6-9,11,16H,4-5,10,12-14H2,(H,25,30)(H,26,31)/t16-/m0/s1. The molecule has 2 aliphatic rings. The summed E-state index contributed by atoms with van der Waals surface area (Å²) in [5, 5.41) is 13.7. The van der Waals surface area contributed by atoms with Gasteiger partial charge in [0.15, 0.2) is 11.5 Å². The normalized spacial score (nSPS) is 16.6. The first-order valence-electron chi connectivity index (χ1n) is 11.2. The average molecular weight is 494 g/mol. The van der Waals surface area contributed by atoms with Gasteiger partial charge in [0.1, 0.15) is 0 Å². The zero-order valence-corrected chi connectivity index (χ0v) is 19.5. The van der Waals surface area contributed by atoms with Crippen molar-refractivity contribution in [3.63, 3.8) is 0 Å². The van der Waals surface area contributed by atoms with Crippen molar-refractivity contribution in [3.05, 3.63) is 64.1 Å². The number of benzene rings is 2. The second kappa shape index (κ2) is 10.1. The number of amides is 3. The number of carbonyl (C=O) groups excluding carboxylic acids is 3. The lowest BCUT2D eigenvalue weighted by atomic mass is 9.97. The number of para-hydroxylation sites is 1. The van der Waals surface area contributed by atoms with E-state index in [-0.39, 0.29) is 41.1 Å². The quantitative estimate of drug-likeness (QED) is 0.541. The molecule has 0 aliphatic carbocycles. The van der Waals surface area contributed by atoms with E-state index in [1.165, 1.54) is 0 Å². The number of nitrogens with zero attached hydrogens (tertiary/aromatic N) is 3. The summed E-state index contributed by atoms with van der Waals surface area (Å²) in [6.07, 6.45) is 1.39. The summed E-state index contributed by atoms with van der Waals surface area (Å²) >= 11 is 0.941. The predicted molar refractivity (Wildman–Crippen MR) is 127 cm³/mol. The fourth-order valence-electron chi connectivity index (χ4n) is 4.00. The molecule has 0 spiro atoms. The third kappa shape index (κ3) is 5.24. The summed E-state index contributed by atoms with van der Waals surface area (Å²) in [7, 11) is 0. The number of anilines is 1. The molecule has 3 amide bonds. The van der Waals surface area contributed by atoms with Crippen LogP contribution in [0.15, 0.2) is 48.5 Å². The van der Waals surface area contributed by atoms with Crippen LogP contribution in [0.4, 0.5) is 5.69 Å². The lowest BCUT2D eigenvalue weighted by Crippen LogP contribution is -2.45. The fourth-order valence-corrected chi connectivity index (χ4v) is 4.71. The molecule has 2 aromatic carbocycles. The van der Waals surface area contributed by atoms with E-state index < -0.39 is 5.91 Å². The van der Waals surface area contributed by atoms with Crippen molar-refractivity contribution < 1.29 is 23.9 Å². The Morgan fingerprint density at radius 2 is 1.83 bits per heavy atom. The number of hydrogen-bond donors (Lipinski definition) is 2. The van der Waals surface area contributed by atoms with Gasteiger partial charge in [-0.05, 0) is 42.7 Å². The highest BCUT2D eigenvalue weighted by Gasteiger charge is 2.31. The van der Waals surface area contributed by atoms with Crippen LogP contribution in [0.1, 0.15) is 38.0 Å². The van der Waals surface area contributed by atoms with Gasteiger partial charge >= 0.3 is 0 Å². The van der Waals surface area contributed by atoms with Crippen LogP contribution in [0.2, 0.25) is 0 Å². The van der Waals surface area contributed by atoms with Crippen molar-refractivity contribution >= 4 is 34.7 Å². The summed E-state index contributed by atoms with van der Waals surface area (Å²) in [6.45, 7) is 1.37. The summed E-state index contributed by atoms with van der Waals surface area (Å²) in [4.78, 5) is 39.8. The highest BCUT2D eigenvalue weighted by molar-refractivity contribution is 7.15. The van der Waals surface area contributed by atoms with Gasteiger partial charge in [-0.2, -0.15) is 0 Å². The Hall–Kier alpha value is -3.99. The molecule has 5 rings (SSSR count). The monoisotopic (exact) mass is 493 g/mol. The maximum absolute atomic E-state index is 13.0. The first-order chi connectivity index (χ1) is 17.1. The second-order valence-electron chi connectivity index (χ2n) is 8.23. The van der Waals surface area contributed by atoms with Gasteiger partial charge in [0.2, 0.25) is 22.7 Å². The molecule has 10 nitrogen and oxygen atoms in total. The van der Waals surface area contributed by atoms with Gasteiger partial charge in [0, 0.05) is 25.3 Å². The molecule has 11 heteroatoms. The van der Waals surface area contributed by atoms with E-state index in [2.05, 4.69) is 20.8 Å². The number of aromatic nitrogens is 2. The van der Waals surface area contributed by atoms with Crippen LogP contribution in [-0.2, 0) is 11.3 Å². The van der Waals surface area contributed by atoms with Crippen molar-refractivity contribution in [1.29, 1.82) is 0 Å². The maximum Gasteiger partial charge on any atom is 0.286 e. The summed E-state index contributed by atoms with van der Waals surface area (Å²) < 4.78 is 10.7. The molecule has 2 N–H and O–H groups in total. The Kier molecular flexibility index (Phi) is 6.57. The van der Waals surface area contributed by atoms with Crippen molar-refractivity contribution in [1.82, 2.24) is 20.4 Å². The van der Waals surface area contributed by atoms with Crippen LogP contribution >= 0.6 is 11.3 Å². The highest BCUT2D eigenvalue weighted by Crippen LogP contribution is 2.32. The molecule has 1 fully saturated rings. The van der Waals surface area contributed by atoms with Crippen molar-refractivity contribution in [2.45, 2.75) is 19.4 Å². The molecule has 1 atom stereocenters. The minimum absolute atomic E-state index is 0.104. The number of ether oxygens (including phenoxy) is 2. The topological polar surface area (TPSA) is 123 Å². The number of piperidine rings is 1. The molecule has 2 aliphatic heterocycles. The van der Waals surface area contributed by atoms with Crippen LogP contribution in [0.5, 0.6) is 11.5 Å². The number of rotatable bonds is 6. The largest absolute Gasteiger partial charge is 0.454 e. The number of fused-ring (bicyclic) bond motifs is 1. The van der Waals surface area contributed by atoms with E-state index in [9.17, 15) is 14.4 Å². The first-order valence-corrected chi connectivity index (χ1v) is 12.0. The number of likely N-dealkylation sites (tertiary alicyclic amines) is 1. The third-order valence-electron chi connectivity index (χ3n) is 5.82. The Balaban J connectivity index is 1.16. The fraction of sp³-hybridized carbons (Fsp3) is 0.292. The van der Waals surface area contributed by atoms with Gasteiger partial charge < -0.3 is 25.0 Å². The zero-order chi connectivity index (χ0) is 24.2. The van der Waals surface area contributed by atoms with E-state index in [0.29, 0.717) is 43.1 Å². The second-order valence-corrected chi connectivity index (χ2v) is 9.21. The Morgan fingerprint density at radius 1 is 1.03 bits per heavy atom. The first kappa shape index (κ1) is 22.8. The number of carbonyl (C=O) groups is 3. The predicted octanol–water partition coefficient (Wildman–Crippen LogP) is 2.69. The zero-order valence-electron chi connectivity index (χ0n) is 18.7. The number of hydrogen-bond acceptors (Lipinski definition) is 8. The van der Waals surface area contributed by atoms with Gasteiger partial charge in [-0.25, -0.2) is 0 Å². The maximum atomic E-state index is 13.0. The Labute approximate surface area is 205 Å². The van der Waals surface area contributed by atoms with Crippen molar-refractivity contribution in [2.75, 3.05) is 25.2 Å². The summed E-state index contributed by atoms with van der Waals surface area (Å²) in [5.41, 5.74) is 1.53. The minimum Gasteiger partial charge on any atom is -0.454 e. The smallest absolute Gasteiger partial charge is 0.286 e. The van der Waals surface area contributed by atoms with Crippen LogP contribution in [-0.4, -0.2) is 52.7 Å². The molecule has 0 bridgehead atoms. The Morgan fingerprint density at radius 3 is 2.69 bits per heavy atom. The van der Waals surface area contributed by atoms with Crippen LogP contribution in [0, 0.1) is 5.92 Å². The molecule has 1 saturated heterocycles. The van der Waals surface area contributed by atoms with E-state index >= 15 is 0 Å². The molecule has 3 heterocycles. The molecule has 0 unspecified atom stereocenters. The lowest BCUT2D eigenvalue weighted by molar-refractivity contribution is -0.126. The van der Waals surface area contributed by atoms with E-state index in [1.54, 1.807) is 17.0 Å². The van der Waals surface area contributed by atoms with Gasteiger partial charge in [0.25, 0.3) is 11.8 Å². The van der Waals surface area contributed by atoms with Gasteiger partial charge in [0.05, 0.1) is 5.92 Å². The highest BCUT2D eigenvalue weighted by atomic mass is 32.1. The molecular weight excluding hydrogens is 470 g/mol. The molecule has 0 radical (unpaired) electrons. The van der Waals surface area contributed by atoms with Crippen LogP contribution in [0.3, 0.4) is 0 Å². The molecule has 35 heavy (non-hydrogen) atoms. The molecule has 180 valence electrons. The van der Waals surface area contributed by atoms with E-state index in [4.69, 9.17) is 9.47 Å². The lowest BCUT2D eigenvalue weighted by Gasteiger charge is -2.31. The van der Waals surface area contributed by atoms with Gasteiger partial charge in [-0.15, -0.1) is 10.2 Å². The Bertz CT molecular complexity index is 1250. The average Bonchev–Trinajstić information content (AvgIpc) is 3.57. The van der Waals surface area contributed by atoms with E-state index in [0.717, 1.165) is 16.9 Å².